The molecule has 0 heterocycles. The number of para-hydroxylation sites is 1. The van der Waals surface area contributed by atoms with Gasteiger partial charge in [-0.2, -0.15) is 0 Å². The lowest BCUT2D eigenvalue weighted by atomic mass is 9.44. The van der Waals surface area contributed by atoms with Gasteiger partial charge in [0.25, 0.3) is 0 Å². The Kier molecular flexibility index (Phi) is 5.39. The second-order valence-electron chi connectivity index (χ2n) is 11.9. The minimum Gasteiger partial charge on any atom is -0.382 e. The van der Waals surface area contributed by atoms with Gasteiger partial charge in [-0.05, 0) is 92.7 Å². The van der Waals surface area contributed by atoms with Gasteiger partial charge in [0.05, 0.1) is 0 Å². The maximum absolute atomic E-state index is 12.6. The minimum atomic E-state index is -1.18. The van der Waals surface area contributed by atoms with E-state index < -0.39 is 5.60 Å². The van der Waals surface area contributed by atoms with Crippen molar-refractivity contribution >= 4 is 17.3 Å². The van der Waals surface area contributed by atoms with Crippen LogP contribution in [-0.2, 0) is 9.59 Å². The molecule has 0 amide bonds. The number of rotatable bonds is 4. The van der Waals surface area contributed by atoms with Crippen LogP contribution in [0.25, 0.3) is 0 Å². The normalized spacial score (nSPS) is 42.1. The van der Waals surface area contributed by atoms with Crippen LogP contribution in [0.5, 0.6) is 0 Å². The summed E-state index contributed by atoms with van der Waals surface area (Å²) in [7, 11) is 2.15. The molecular weight excluding hydrogens is 410 g/mol. The Hall–Kier alpha value is -1.94. The monoisotopic (exact) mass is 449 g/mol. The Morgan fingerprint density at radius 1 is 1.09 bits per heavy atom. The summed E-state index contributed by atoms with van der Waals surface area (Å²) in [4.78, 5) is 27.5. The van der Waals surface area contributed by atoms with Crippen molar-refractivity contribution in [2.75, 3.05) is 18.5 Å². The summed E-state index contributed by atoms with van der Waals surface area (Å²) in [6.07, 6.45) is 8.09. The summed E-state index contributed by atoms with van der Waals surface area (Å²) in [5, 5.41) is 11.5. The maximum atomic E-state index is 12.6. The second-order valence-corrected chi connectivity index (χ2v) is 11.9. The van der Waals surface area contributed by atoms with Crippen molar-refractivity contribution in [2.24, 2.45) is 34.5 Å². The number of anilines is 1. The van der Waals surface area contributed by atoms with Gasteiger partial charge in [-0.25, -0.2) is 0 Å². The van der Waals surface area contributed by atoms with Crippen molar-refractivity contribution < 1.29 is 14.7 Å². The predicted octanol–water partition coefficient (Wildman–Crippen LogP) is 5.20. The highest BCUT2D eigenvalue weighted by Gasteiger charge is 2.66. The lowest BCUT2D eigenvalue weighted by Crippen LogP contribution is -2.58. The highest BCUT2D eigenvalue weighted by molar-refractivity contribution is 5.92. The van der Waals surface area contributed by atoms with E-state index in [9.17, 15) is 14.7 Å². The molecule has 0 saturated heterocycles. The number of nitrogens with zero attached hydrogens (tertiary/aromatic N) is 1. The largest absolute Gasteiger partial charge is 0.382 e. The van der Waals surface area contributed by atoms with Crippen LogP contribution in [0.15, 0.2) is 42.0 Å². The van der Waals surface area contributed by atoms with E-state index in [0.29, 0.717) is 36.5 Å². The lowest BCUT2D eigenvalue weighted by molar-refractivity contribution is -0.161. The van der Waals surface area contributed by atoms with Gasteiger partial charge < -0.3 is 10.0 Å². The zero-order valence-corrected chi connectivity index (χ0v) is 20.6. The van der Waals surface area contributed by atoms with E-state index >= 15 is 0 Å². The number of hydrogen-bond acceptors (Lipinski definition) is 4. The molecule has 1 aromatic rings. The highest BCUT2D eigenvalue weighted by atomic mass is 16.3. The maximum Gasteiger partial charge on any atom is 0.161 e. The van der Waals surface area contributed by atoms with Crippen molar-refractivity contribution in [1.29, 1.82) is 0 Å². The summed E-state index contributed by atoms with van der Waals surface area (Å²) in [5.74, 6) is 1.92. The second kappa shape index (κ2) is 7.80. The molecule has 5 rings (SSSR count). The average molecular weight is 450 g/mol. The van der Waals surface area contributed by atoms with Gasteiger partial charge in [-0.3, -0.25) is 9.59 Å². The third-order valence-corrected chi connectivity index (χ3v) is 10.5. The third-order valence-electron chi connectivity index (χ3n) is 10.5. The van der Waals surface area contributed by atoms with E-state index in [1.165, 1.54) is 11.3 Å². The van der Waals surface area contributed by atoms with Crippen molar-refractivity contribution in [1.82, 2.24) is 0 Å². The molecule has 4 aliphatic carbocycles. The summed E-state index contributed by atoms with van der Waals surface area (Å²) in [6.45, 7) is 7.06. The van der Waals surface area contributed by atoms with Gasteiger partial charge in [-0.15, -0.1) is 0 Å². The Morgan fingerprint density at radius 3 is 2.48 bits per heavy atom. The molecule has 0 unspecified atom stereocenters. The molecule has 3 fully saturated rings. The molecule has 0 bridgehead atoms. The van der Waals surface area contributed by atoms with Crippen LogP contribution in [0.2, 0.25) is 0 Å². The number of carbonyl (C=O) groups is 2. The van der Waals surface area contributed by atoms with Gasteiger partial charge in [0.15, 0.2) is 11.6 Å². The number of fused-ring (bicyclic) bond motifs is 5. The van der Waals surface area contributed by atoms with Gasteiger partial charge in [0.1, 0.15) is 5.60 Å². The van der Waals surface area contributed by atoms with Crippen molar-refractivity contribution in [3.05, 3.63) is 42.0 Å². The van der Waals surface area contributed by atoms with Gasteiger partial charge in [0, 0.05) is 31.1 Å². The number of ketones is 2. The van der Waals surface area contributed by atoms with E-state index in [1.807, 2.05) is 12.1 Å². The van der Waals surface area contributed by atoms with Crippen molar-refractivity contribution in [2.45, 2.75) is 71.3 Å². The van der Waals surface area contributed by atoms with E-state index in [4.69, 9.17) is 0 Å². The molecule has 0 radical (unpaired) electrons. The lowest BCUT2D eigenvalue weighted by Gasteiger charge is -2.60. The number of carbonyl (C=O) groups excluding carboxylic acids is 2. The number of benzene rings is 1. The zero-order chi connectivity index (χ0) is 23.6. The van der Waals surface area contributed by atoms with E-state index in [2.05, 4.69) is 50.1 Å². The summed E-state index contributed by atoms with van der Waals surface area (Å²) < 4.78 is 0. The molecule has 0 aromatic heterocycles. The first-order valence-electron chi connectivity index (χ1n) is 12.8. The van der Waals surface area contributed by atoms with Crippen molar-refractivity contribution in [3.8, 4) is 0 Å². The van der Waals surface area contributed by atoms with Crippen LogP contribution in [0.1, 0.15) is 65.7 Å². The van der Waals surface area contributed by atoms with E-state index in [1.54, 1.807) is 6.92 Å². The molecular formula is C29H39NO3. The Labute approximate surface area is 198 Å². The number of hydrogen-bond donors (Lipinski definition) is 1. The fourth-order valence-corrected chi connectivity index (χ4v) is 8.67. The number of aliphatic hydroxyl groups is 1. The SMILES string of the molecule is CC(=O)[C@]1(O)CC[C@@H]2[C@H]3C[C@@H](CN(C)c4ccccc4)C4=CC(=O)CC[C@]4(C)[C@@H]3CC[C@]21C. The average Bonchev–Trinajstić information content (AvgIpc) is 3.07. The van der Waals surface area contributed by atoms with Crippen LogP contribution >= 0.6 is 0 Å². The molecule has 3 saturated carbocycles. The summed E-state index contributed by atoms with van der Waals surface area (Å²) in [6, 6.07) is 10.5. The van der Waals surface area contributed by atoms with Crippen LogP contribution in [-0.4, -0.2) is 35.9 Å². The van der Waals surface area contributed by atoms with Crippen LogP contribution < -0.4 is 4.90 Å². The van der Waals surface area contributed by atoms with Gasteiger partial charge >= 0.3 is 0 Å². The summed E-state index contributed by atoms with van der Waals surface area (Å²) in [5.41, 5.74) is 1.09. The minimum absolute atomic E-state index is 0.0390. The van der Waals surface area contributed by atoms with E-state index in [0.717, 1.165) is 38.6 Å². The first-order chi connectivity index (χ1) is 15.6. The van der Waals surface area contributed by atoms with Gasteiger partial charge in [0.2, 0.25) is 0 Å². The molecule has 0 aliphatic heterocycles. The Balaban J connectivity index is 1.51. The predicted molar refractivity (Wildman–Crippen MR) is 131 cm³/mol. The zero-order valence-electron chi connectivity index (χ0n) is 20.6. The standard InChI is InChI=1S/C29H39NO3/c1-19(31)29(33)15-12-25-23-16-20(18-30(4)21-8-6-5-7-9-21)26-17-22(32)10-13-27(26,2)24(23)11-14-28(25,29)3/h5-9,17,20,23-25,33H,10-16,18H2,1-4H3/t20-,23-,24+,25+,27+,28+,29+/m0/s1. The molecule has 4 heteroatoms. The van der Waals surface area contributed by atoms with Crippen LogP contribution in [0, 0.1) is 34.5 Å². The fraction of sp³-hybridized carbons (Fsp3) is 0.655. The molecule has 0 spiro atoms. The van der Waals surface area contributed by atoms with Crippen LogP contribution in [0.3, 0.4) is 0 Å². The Morgan fingerprint density at radius 2 is 1.79 bits per heavy atom. The quantitative estimate of drug-likeness (QED) is 0.686. The number of Topliss-reactive ketones (excluding diaryl/α,β-unsaturated/α-hetero) is 1. The fourth-order valence-electron chi connectivity index (χ4n) is 8.67. The molecule has 33 heavy (non-hydrogen) atoms. The molecule has 4 aliphatic rings. The first-order valence-corrected chi connectivity index (χ1v) is 12.8. The van der Waals surface area contributed by atoms with E-state index in [-0.39, 0.29) is 22.4 Å². The smallest absolute Gasteiger partial charge is 0.161 e. The third kappa shape index (κ3) is 3.27. The highest BCUT2D eigenvalue weighted by Crippen LogP contribution is 2.68. The molecule has 7 atom stereocenters. The Bertz CT molecular complexity index is 986. The molecule has 1 aromatic carbocycles. The molecule has 178 valence electrons. The summed E-state index contributed by atoms with van der Waals surface area (Å²) >= 11 is 0. The first kappa shape index (κ1) is 22.8. The van der Waals surface area contributed by atoms with Gasteiger partial charge in [-0.1, -0.05) is 37.6 Å². The van der Waals surface area contributed by atoms with Crippen LogP contribution in [0.4, 0.5) is 5.69 Å². The topological polar surface area (TPSA) is 57.6 Å². The molecule has 1 N–H and O–H groups in total. The van der Waals surface area contributed by atoms with Crippen molar-refractivity contribution in [3.63, 3.8) is 0 Å². The molecule has 4 nitrogen and oxygen atoms in total.